The number of aromatic nitrogens is 2. The summed E-state index contributed by atoms with van der Waals surface area (Å²) in [4.78, 5) is 16.5. The van der Waals surface area contributed by atoms with Gasteiger partial charge >= 0.3 is 0 Å². The molecule has 1 aliphatic heterocycles. The first kappa shape index (κ1) is 19.6. The first-order valence-corrected chi connectivity index (χ1v) is 10.7. The molecule has 1 aromatic heterocycles. The van der Waals surface area contributed by atoms with Crippen LogP contribution in [-0.4, -0.2) is 47.3 Å². The maximum Gasteiger partial charge on any atom is 0.243 e. The first-order valence-electron chi connectivity index (χ1n) is 9.29. The van der Waals surface area contributed by atoms with Gasteiger partial charge in [-0.1, -0.05) is 18.6 Å². The monoisotopic (exact) mass is 390 g/mol. The topological polar surface area (TPSA) is 84.3 Å². The average Bonchev–Trinajstić information content (AvgIpc) is 3.15. The van der Waals surface area contributed by atoms with E-state index in [9.17, 15) is 13.2 Å². The van der Waals surface area contributed by atoms with E-state index in [-0.39, 0.29) is 18.4 Å². The van der Waals surface area contributed by atoms with Crippen LogP contribution in [0.1, 0.15) is 31.7 Å². The molecular formula is C19H26N4O3S. The van der Waals surface area contributed by atoms with Crippen molar-refractivity contribution in [1.29, 1.82) is 0 Å². The fraction of sp³-hybridized carbons (Fsp3) is 0.474. The van der Waals surface area contributed by atoms with Gasteiger partial charge in [-0.15, -0.1) is 0 Å². The quantitative estimate of drug-likeness (QED) is 0.781. The lowest BCUT2D eigenvalue weighted by atomic mass is 10.1. The highest BCUT2D eigenvalue weighted by atomic mass is 32.2. The zero-order valence-electron chi connectivity index (χ0n) is 15.5. The summed E-state index contributed by atoms with van der Waals surface area (Å²) < 4.78 is 28.8. The number of carbonyl (C=O) groups is 1. The fourth-order valence-corrected chi connectivity index (χ4v) is 4.82. The second-order valence-corrected chi connectivity index (χ2v) is 8.95. The van der Waals surface area contributed by atoms with Crippen LogP contribution in [-0.2, 0) is 27.8 Å². The number of nitrogens with zero attached hydrogens (tertiary/aromatic N) is 3. The molecule has 0 saturated carbocycles. The van der Waals surface area contributed by atoms with E-state index in [4.69, 9.17) is 0 Å². The van der Waals surface area contributed by atoms with Crippen LogP contribution in [0.3, 0.4) is 0 Å². The summed E-state index contributed by atoms with van der Waals surface area (Å²) in [6, 6.07) is 6.61. The molecule has 0 radical (unpaired) electrons. The second kappa shape index (κ2) is 8.67. The number of hydrogen-bond donors (Lipinski definition) is 1. The van der Waals surface area contributed by atoms with Crippen molar-refractivity contribution in [3.8, 4) is 0 Å². The third-order valence-electron chi connectivity index (χ3n) is 4.69. The van der Waals surface area contributed by atoms with Gasteiger partial charge in [0.25, 0.3) is 0 Å². The fourth-order valence-electron chi connectivity index (χ4n) is 3.30. The Kier molecular flexibility index (Phi) is 6.28. The van der Waals surface area contributed by atoms with E-state index in [1.165, 1.54) is 0 Å². The average molecular weight is 391 g/mol. The van der Waals surface area contributed by atoms with Gasteiger partial charge in [-0.25, -0.2) is 13.4 Å². The lowest BCUT2D eigenvalue weighted by Gasteiger charge is -2.25. The Hall–Kier alpha value is -2.19. The van der Waals surface area contributed by atoms with Gasteiger partial charge in [-0.05, 0) is 37.5 Å². The zero-order valence-corrected chi connectivity index (χ0v) is 16.4. The number of piperidine rings is 1. The summed E-state index contributed by atoms with van der Waals surface area (Å²) in [7, 11) is -3.43. The summed E-state index contributed by atoms with van der Waals surface area (Å²) in [6.45, 7) is 3.76. The molecule has 8 heteroatoms. The molecule has 146 valence electrons. The molecule has 7 nitrogen and oxygen atoms in total. The number of imidazole rings is 1. The molecular weight excluding hydrogens is 364 g/mol. The summed E-state index contributed by atoms with van der Waals surface area (Å²) in [6.07, 6.45) is 8.39. The normalized spacial score (nSPS) is 16.8. The number of amides is 1. The maximum absolute atomic E-state index is 12.7. The summed E-state index contributed by atoms with van der Waals surface area (Å²) in [5.74, 6) is -0.0887. The van der Waals surface area contributed by atoms with Gasteiger partial charge in [0.2, 0.25) is 15.9 Å². The molecule has 2 aromatic rings. The van der Waals surface area contributed by atoms with Gasteiger partial charge in [0.05, 0.1) is 17.6 Å². The SMILES string of the molecule is C[C@@H](Cn1ccnc1)NC(=O)Cc1ccc(S(=O)(=O)N2CCCCC2)cc1. The van der Waals surface area contributed by atoms with Gasteiger partial charge in [0.15, 0.2) is 0 Å². The van der Waals surface area contributed by atoms with Crippen molar-refractivity contribution >= 4 is 15.9 Å². The standard InChI is InChI=1S/C19H26N4O3S/c1-16(14-22-12-9-20-15-22)21-19(24)13-17-5-7-18(8-6-17)27(25,26)23-10-3-2-4-11-23/h5-9,12,15-16H,2-4,10-11,13-14H2,1H3,(H,21,24)/t16-/m0/s1. The molecule has 2 heterocycles. The van der Waals surface area contributed by atoms with Gasteiger partial charge in [0, 0.05) is 38.1 Å². The predicted octanol–water partition coefficient (Wildman–Crippen LogP) is 1.81. The van der Waals surface area contributed by atoms with Gasteiger partial charge in [-0.3, -0.25) is 4.79 Å². The number of hydrogen-bond acceptors (Lipinski definition) is 4. The molecule has 0 unspecified atom stereocenters. The molecule has 27 heavy (non-hydrogen) atoms. The highest BCUT2D eigenvalue weighted by molar-refractivity contribution is 7.89. The molecule has 0 bridgehead atoms. The number of benzene rings is 1. The van der Waals surface area contributed by atoms with Crippen LogP contribution in [0.5, 0.6) is 0 Å². The number of carbonyl (C=O) groups excluding carboxylic acids is 1. The van der Waals surface area contributed by atoms with Crippen molar-refractivity contribution in [2.24, 2.45) is 0 Å². The Morgan fingerprint density at radius 3 is 2.52 bits per heavy atom. The van der Waals surface area contributed by atoms with Crippen LogP contribution in [0.25, 0.3) is 0 Å². The Morgan fingerprint density at radius 1 is 1.19 bits per heavy atom. The molecule has 1 atom stereocenters. The predicted molar refractivity (Wildman–Crippen MR) is 103 cm³/mol. The van der Waals surface area contributed by atoms with E-state index in [1.54, 1.807) is 41.1 Å². The lowest BCUT2D eigenvalue weighted by Crippen LogP contribution is -2.36. The van der Waals surface area contributed by atoms with Crippen LogP contribution in [0.15, 0.2) is 47.9 Å². The van der Waals surface area contributed by atoms with Crippen LogP contribution in [0.2, 0.25) is 0 Å². The summed E-state index contributed by atoms with van der Waals surface area (Å²) in [5, 5.41) is 2.95. The molecule has 1 N–H and O–H groups in total. The Bertz CT molecular complexity index is 842. The van der Waals surface area contributed by atoms with Crippen molar-refractivity contribution in [3.05, 3.63) is 48.5 Å². The molecule has 1 aromatic carbocycles. The zero-order chi connectivity index (χ0) is 19.3. The molecule has 1 aliphatic rings. The first-order chi connectivity index (χ1) is 12.9. The lowest BCUT2D eigenvalue weighted by molar-refractivity contribution is -0.121. The van der Waals surface area contributed by atoms with Crippen molar-refractivity contribution < 1.29 is 13.2 Å². The van der Waals surface area contributed by atoms with Crippen molar-refractivity contribution in [1.82, 2.24) is 19.2 Å². The summed E-state index contributed by atoms with van der Waals surface area (Å²) >= 11 is 0. The Morgan fingerprint density at radius 2 is 1.89 bits per heavy atom. The van der Waals surface area contributed by atoms with Crippen molar-refractivity contribution in [2.75, 3.05) is 13.1 Å². The van der Waals surface area contributed by atoms with E-state index < -0.39 is 10.0 Å². The Labute approximate surface area is 160 Å². The Balaban J connectivity index is 1.56. The van der Waals surface area contributed by atoms with Crippen molar-refractivity contribution in [2.45, 2.75) is 50.1 Å². The van der Waals surface area contributed by atoms with E-state index in [2.05, 4.69) is 10.3 Å². The smallest absolute Gasteiger partial charge is 0.243 e. The number of nitrogens with one attached hydrogen (secondary N) is 1. The third kappa shape index (κ3) is 5.17. The number of sulfonamides is 1. The minimum absolute atomic E-state index is 0.0227. The van der Waals surface area contributed by atoms with Crippen LogP contribution in [0, 0.1) is 0 Å². The van der Waals surface area contributed by atoms with E-state index >= 15 is 0 Å². The second-order valence-electron chi connectivity index (χ2n) is 7.01. The van der Waals surface area contributed by atoms with E-state index in [0.717, 1.165) is 24.8 Å². The van der Waals surface area contributed by atoms with Crippen LogP contribution in [0.4, 0.5) is 0 Å². The van der Waals surface area contributed by atoms with Gasteiger partial charge < -0.3 is 9.88 Å². The molecule has 0 aliphatic carbocycles. The number of rotatable bonds is 7. The minimum Gasteiger partial charge on any atom is -0.352 e. The maximum atomic E-state index is 12.7. The molecule has 1 amide bonds. The highest BCUT2D eigenvalue weighted by Crippen LogP contribution is 2.21. The molecule has 1 fully saturated rings. The highest BCUT2D eigenvalue weighted by Gasteiger charge is 2.25. The van der Waals surface area contributed by atoms with E-state index in [1.807, 2.05) is 17.7 Å². The van der Waals surface area contributed by atoms with Crippen molar-refractivity contribution in [3.63, 3.8) is 0 Å². The molecule has 3 rings (SSSR count). The largest absolute Gasteiger partial charge is 0.352 e. The van der Waals surface area contributed by atoms with Crippen LogP contribution < -0.4 is 5.32 Å². The molecule has 1 saturated heterocycles. The minimum atomic E-state index is -3.43. The summed E-state index contributed by atoms with van der Waals surface area (Å²) in [5.41, 5.74) is 0.792. The van der Waals surface area contributed by atoms with E-state index in [0.29, 0.717) is 24.5 Å². The van der Waals surface area contributed by atoms with Gasteiger partial charge in [0.1, 0.15) is 0 Å². The van der Waals surface area contributed by atoms with Crippen LogP contribution >= 0.6 is 0 Å². The van der Waals surface area contributed by atoms with Gasteiger partial charge in [-0.2, -0.15) is 4.31 Å². The molecule has 0 spiro atoms. The third-order valence-corrected chi connectivity index (χ3v) is 6.60.